The summed E-state index contributed by atoms with van der Waals surface area (Å²) in [4.78, 5) is 38.1. The topological polar surface area (TPSA) is 53.5 Å². The van der Waals surface area contributed by atoms with Crippen LogP contribution in [0.4, 0.5) is 0 Å². The first kappa shape index (κ1) is 22.7. The summed E-state index contributed by atoms with van der Waals surface area (Å²) in [6.45, 7) is 17.1. The molecule has 1 heterocycles. The molecule has 36 heavy (non-hydrogen) atoms. The molecule has 5 heteroatoms. The van der Waals surface area contributed by atoms with Gasteiger partial charge in [-0.15, -0.1) is 0 Å². The van der Waals surface area contributed by atoms with E-state index in [2.05, 4.69) is 95.5 Å². The molecule has 6 aliphatic carbocycles. The van der Waals surface area contributed by atoms with E-state index >= 15 is 0 Å². The zero-order valence-corrected chi connectivity index (χ0v) is 22.8. The average molecular weight is 486 g/mol. The largest absolute Gasteiger partial charge is 0.337 e. The molecule has 6 fully saturated rings. The molecule has 6 aliphatic rings. The van der Waals surface area contributed by atoms with Crippen LogP contribution < -0.4 is 0 Å². The first-order valence-electron chi connectivity index (χ1n) is 14.0. The highest BCUT2D eigenvalue weighted by Crippen LogP contribution is 3.14. The molecule has 1 aromatic heterocycles. The Morgan fingerprint density at radius 1 is 0.750 bits per heavy atom. The Balaban J connectivity index is 1.39. The van der Waals surface area contributed by atoms with Crippen LogP contribution in [0.2, 0.25) is 0 Å². The average Bonchev–Trinajstić information content (AvgIpc) is 2.81. The molecule has 4 unspecified atom stereocenters. The smallest absolute Gasteiger partial charge is 0.230 e. The van der Waals surface area contributed by atoms with E-state index in [-0.39, 0.29) is 52.2 Å². The third-order valence-electron chi connectivity index (χ3n) is 11.3. The number of rotatable bonds is 7. The lowest BCUT2D eigenvalue weighted by Gasteiger charge is -3.13. The molecular weight excluding hydrogens is 446 g/mol. The van der Waals surface area contributed by atoms with Gasteiger partial charge in [0.1, 0.15) is 0 Å². The molecule has 2 aromatic rings. The van der Waals surface area contributed by atoms with Crippen LogP contribution in [0.1, 0.15) is 61.1 Å². The summed E-state index contributed by atoms with van der Waals surface area (Å²) in [6, 6.07) is 11.2. The van der Waals surface area contributed by atoms with Gasteiger partial charge in [-0.2, -0.15) is 0 Å². The zero-order valence-electron chi connectivity index (χ0n) is 22.8. The maximum Gasteiger partial charge on any atom is 0.230 e. The standard InChI is InChI=1S/C31H39N3O2/c1-15(2)33(16(3)4)27(35)29-21-22-24(29)31(26-20-12-10-9-11-19(20)13-14-32-26)25(29)23(21)30(22,31)28(36)34(17(5)6)18(7)8/h9-18,21-25H,1-8H3/t21?,22-,23+,24-,25+,29?,30?,31?. The molecule has 8 rings (SSSR count). The van der Waals surface area contributed by atoms with Crippen molar-refractivity contribution < 1.29 is 9.59 Å². The molecule has 0 radical (unpaired) electrons. The molecule has 0 saturated heterocycles. The Labute approximate surface area is 214 Å². The predicted octanol–water partition coefficient (Wildman–Crippen LogP) is 4.89. The second kappa shape index (κ2) is 6.52. The van der Waals surface area contributed by atoms with Crippen molar-refractivity contribution in [3.8, 4) is 0 Å². The lowest BCUT2D eigenvalue weighted by molar-refractivity contribution is -0.641. The number of hydrogen-bond acceptors (Lipinski definition) is 3. The minimum absolute atomic E-state index is 0.156. The van der Waals surface area contributed by atoms with Crippen molar-refractivity contribution in [1.82, 2.24) is 14.8 Å². The Bertz CT molecular complexity index is 1280. The van der Waals surface area contributed by atoms with E-state index < -0.39 is 0 Å². The molecule has 0 spiro atoms. The van der Waals surface area contributed by atoms with Gasteiger partial charge in [-0.3, -0.25) is 14.6 Å². The second-order valence-corrected chi connectivity index (χ2v) is 13.4. The van der Waals surface area contributed by atoms with E-state index in [4.69, 9.17) is 4.98 Å². The first-order chi connectivity index (χ1) is 17.0. The van der Waals surface area contributed by atoms with Gasteiger partial charge in [0.15, 0.2) is 0 Å². The SMILES string of the molecule is CC(C)N(C(=O)C12C3[C@@H]4[C@H]1C1(c5nccc6ccccc56)[C@H]2[C@H]3C41C(=O)N(C(C)C)C(C)C)C(C)C. The van der Waals surface area contributed by atoms with Crippen LogP contribution in [0.3, 0.4) is 0 Å². The van der Waals surface area contributed by atoms with E-state index in [0.29, 0.717) is 29.6 Å². The minimum Gasteiger partial charge on any atom is -0.337 e. The maximum absolute atomic E-state index is 14.6. The van der Waals surface area contributed by atoms with Crippen LogP contribution >= 0.6 is 0 Å². The van der Waals surface area contributed by atoms with Crippen molar-refractivity contribution in [1.29, 1.82) is 0 Å². The summed E-state index contributed by atoms with van der Waals surface area (Å²) in [5, 5.41) is 2.34. The Morgan fingerprint density at radius 3 is 1.83 bits per heavy atom. The van der Waals surface area contributed by atoms with E-state index in [9.17, 15) is 9.59 Å². The number of aromatic nitrogens is 1. The van der Waals surface area contributed by atoms with Crippen LogP contribution in [-0.2, 0) is 15.0 Å². The number of hydrogen-bond donors (Lipinski definition) is 0. The van der Waals surface area contributed by atoms with Crippen molar-refractivity contribution in [3.63, 3.8) is 0 Å². The summed E-state index contributed by atoms with van der Waals surface area (Å²) >= 11 is 0. The van der Waals surface area contributed by atoms with Gasteiger partial charge >= 0.3 is 0 Å². The lowest BCUT2D eigenvalue weighted by Crippen LogP contribution is -3.18. The Morgan fingerprint density at radius 2 is 1.28 bits per heavy atom. The number of amides is 2. The second-order valence-electron chi connectivity index (χ2n) is 13.4. The van der Waals surface area contributed by atoms with Crippen molar-refractivity contribution in [3.05, 3.63) is 42.2 Å². The molecule has 0 bridgehead atoms. The van der Waals surface area contributed by atoms with E-state index in [1.165, 1.54) is 5.39 Å². The highest BCUT2D eigenvalue weighted by molar-refractivity contribution is 6.05. The molecule has 0 N–H and O–H groups in total. The van der Waals surface area contributed by atoms with Gasteiger partial charge in [0, 0.05) is 41.2 Å². The van der Waals surface area contributed by atoms with Gasteiger partial charge in [0.05, 0.1) is 16.5 Å². The summed E-state index contributed by atoms with van der Waals surface area (Å²) in [7, 11) is 0. The van der Waals surface area contributed by atoms with Gasteiger partial charge in [-0.25, -0.2) is 0 Å². The Kier molecular flexibility index (Phi) is 4.12. The lowest BCUT2D eigenvalue weighted by atomic mass is 8.87. The monoisotopic (exact) mass is 485 g/mol. The fraction of sp³-hybridized carbons (Fsp3) is 0.645. The fourth-order valence-corrected chi connectivity index (χ4v) is 11.1. The number of pyridine rings is 1. The van der Waals surface area contributed by atoms with Crippen molar-refractivity contribution in [2.45, 2.75) is 85.0 Å². The van der Waals surface area contributed by atoms with Gasteiger partial charge in [-0.05, 0) is 96.4 Å². The van der Waals surface area contributed by atoms with Crippen molar-refractivity contribution >= 4 is 22.6 Å². The summed E-state index contributed by atoms with van der Waals surface area (Å²) < 4.78 is 0. The minimum atomic E-state index is -0.360. The predicted molar refractivity (Wildman–Crippen MR) is 140 cm³/mol. The van der Waals surface area contributed by atoms with Crippen LogP contribution in [0.25, 0.3) is 10.8 Å². The molecule has 1 aromatic carbocycles. The van der Waals surface area contributed by atoms with Crippen LogP contribution in [0.5, 0.6) is 0 Å². The normalized spacial score (nSPS) is 39.8. The fourth-order valence-electron chi connectivity index (χ4n) is 11.1. The molecule has 5 nitrogen and oxygen atoms in total. The van der Waals surface area contributed by atoms with Crippen molar-refractivity contribution in [2.24, 2.45) is 40.4 Å². The molecule has 8 atom stereocenters. The number of nitrogens with zero attached hydrogens (tertiary/aromatic N) is 3. The number of fused-ring (bicyclic) bond motifs is 1. The van der Waals surface area contributed by atoms with Gasteiger partial charge in [-0.1, -0.05) is 24.3 Å². The maximum atomic E-state index is 14.6. The number of benzene rings is 1. The van der Waals surface area contributed by atoms with Crippen molar-refractivity contribution in [2.75, 3.05) is 0 Å². The van der Waals surface area contributed by atoms with Gasteiger partial charge < -0.3 is 9.80 Å². The highest BCUT2D eigenvalue weighted by Gasteiger charge is 3.19. The van der Waals surface area contributed by atoms with E-state index in [1.807, 2.05) is 6.20 Å². The third-order valence-corrected chi connectivity index (χ3v) is 11.3. The molecular formula is C31H39N3O2. The zero-order chi connectivity index (χ0) is 25.7. The van der Waals surface area contributed by atoms with E-state index in [0.717, 1.165) is 11.1 Å². The summed E-state index contributed by atoms with van der Waals surface area (Å²) in [5.41, 5.74) is 0.185. The van der Waals surface area contributed by atoms with Gasteiger partial charge in [0.25, 0.3) is 0 Å². The van der Waals surface area contributed by atoms with Crippen LogP contribution in [0.15, 0.2) is 36.5 Å². The molecule has 6 saturated carbocycles. The first-order valence-corrected chi connectivity index (χ1v) is 14.0. The van der Waals surface area contributed by atoms with Gasteiger partial charge in [0.2, 0.25) is 11.8 Å². The van der Waals surface area contributed by atoms with E-state index in [1.54, 1.807) is 0 Å². The van der Waals surface area contributed by atoms with Crippen LogP contribution in [0, 0.1) is 40.4 Å². The number of carbonyl (C=O) groups is 2. The highest BCUT2D eigenvalue weighted by atomic mass is 16.2. The third kappa shape index (κ3) is 1.81. The van der Waals surface area contributed by atoms with Crippen LogP contribution in [-0.4, -0.2) is 50.8 Å². The molecule has 190 valence electrons. The molecule has 2 amide bonds. The number of carbonyl (C=O) groups excluding carboxylic acids is 2. The summed E-state index contributed by atoms with van der Waals surface area (Å²) in [6.07, 6.45) is 1.92. The molecule has 0 aliphatic heterocycles. The quantitative estimate of drug-likeness (QED) is 0.561. The Hall–Kier alpha value is -2.43. The summed E-state index contributed by atoms with van der Waals surface area (Å²) in [5.74, 6) is 2.24.